The fourth-order valence-electron chi connectivity index (χ4n) is 2.62. The van der Waals surface area contributed by atoms with Gasteiger partial charge in [0.05, 0.1) is 0 Å². The van der Waals surface area contributed by atoms with Crippen LogP contribution in [0.2, 0.25) is 0 Å². The summed E-state index contributed by atoms with van der Waals surface area (Å²) in [6.07, 6.45) is 7.62. The monoisotopic (exact) mass is 302 g/mol. The minimum atomic E-state index is -2.14. The lowest BCUT2D eigenvalue weighted by atomic mass is 9.88. The lowest BCUT2D eigenvalue weighted by molar-refractivity contribution is -0.132. The van der Waals surface area contributed by atoms with Crippen LogP contribution in [-0.4, -0.2) is 29.2 Å². The van der Waals surface area contributed by atoms with Crippen molar-refractivity contribution in [1.82, 2.24) is 0 Å². The van der Waals surface area contributed by atoms with Crippen LogP contribution in [0.3, 0.4) is 0 Å². The Morgan fingerprint density at radius 3 is 2.45 bits per heavy atom. The van der Waals surface area contributed by atoms with Crippen molar-refractivity contribution in [1.29, 1.82) is 0 Å². The molecule has 1 aliphatic rings. The lowest BCUT2D eigenvalue weighted by Gasteiger charge is -2.25. The van der Waals surface area contributed by atoms with Crippen LogP contribution in [-0.2, 0) is 14.1 Å². The molecule has 1 N–H and O–H groups in total. The molecule has 0 aromatic heterocycles. The first-order valence-corrected chi connectivity index (χ1v) is 9.09. The highest BCUT2D eigenvalue weighted by molar-refractivity contribution is 7.46. The fraction of sp³-hybridized carbons (Fsp3) is 0.800. The summed E-state index contributed by atoms with van der Waals surface area (Å²) in [4.78, 5) is 11.4. The molecule has 0 radical (unpaired) electrons. The van der Waals surface area contributed by atoms with Crippen molar-refractivity contribution in [2.45, 2.75) is 58.2 Å². The second-order valence-electron chi connectivity index (χ2n) is 5.94. The molecule has 4 nitrogen and oxygen atoms in total. The van der Waals surface area contributed by atoms with Gasteiger partial charge in [-0.15, -0.1) is 0 Å². The van der Waals surface area contributed by atoms with Crippen molar-refractivity contribution in [3.05, 3.63) is 11.6 Å². The Hall–Kier alpha value is -0.600. The molecule has 5 heteroatoms. The molecule has 0 aromatic rings. The summed E-state index contributed by atoms with van der Waals surface area (Å²) in [7, 11) is -2.14. The number of carboxylic acid groups (broad SMARTS) is 1. The second-order valence-corrected chi connectivity index (χ2v) is 8.34. The van der Waals surface area contributed by atoms with E-state index in [4.69, 9.17) is 4.74 Å². The molecule has 116 valence electrons. The summed E-state index contributed by atoms with van der Waals surface area (Å²) >= 11 is 0. The zero-order chi connectivity index (χ0) is 15.2. The molecule has 0 spiro atoms. The maximum absolute atomic E-state index is 12.4. The molecule has 1 aliphatic carbocycles. The number of carboxylic acids is 1. The molecule has 0 heterocycles. The molecule has 1 saturated carbocycles. The van der Waals surface area contributed by atoms with E-state index in [2.05, 4.69) is 0 Å². The summed E-state index contributed by atoms with van der Waals surface area (Å²) in [6.45, 7) is 5.89. The molecule has 0 bridgehead atoms. The van der Waals surface area contributed by atoms with E-state index in [1.807, 2.05) is 13.0 Å². The third kappa shape index (κ3) is 5.41. The predicted octanol–water partition coefficient (Wildman–Crippen LogP) is 3.91. The number of aliphatic carboxylic acids is 1. The van der Waals surface area contributed by atoms with E-state index in [1.54, 1.807) is 13.8 Å². The van der Waals surface area contributed by atoms with Gasteiger partial charge in [0.1, 0.15) is 13.1 Å². The Bertz CT molecular complexity index is 381. The van der Waals surface area contributed by atoms with E-state index in [9.17, 15) is 14.5 Å². The van der Waals surface area contributed by atoms with Crippen molar-refractivity contribution < 1.29 is 19.2 Å². The molecule has 20 heavy (non-hydrogen) atoms. The van der Waals surface area contributed by atoms with Gasteiger partial charge < -0.3 is 14.4 Å². The van der Waals surface area contributed by atoms with Gasteiger partial charge in [-0.2, -0.15) is 0 Å². The first kappa shape index (κ1) is 17.5. The minimum Gasteiger partial charge on any atom is -0.478 e. The summed E-state index contributed by atoms with van der Waals surface area (Å²) in [5.74, 6) is -0.610. The Morgan fingerprint density at radius 1 is 1.35 bits per heavy atom. The molecule has 1 fully saturated rings. The Kier molecular flexibility index (Phi) is 6.97. The van der Waals surface area contributed by atoms with Crippen LogP contribution < -0.4 is 0 Å². The SMILES string of the molecule is CCOC(C)(C)[PH](=O)CC(=CC1CCCCC1)C(=O)O. The van der Waals surface area contributed by atoms with Crippen LogP contribution in [0.5, 0.6) is 0 Å². The van der Waals surface area contributed by atoms with Gasteiger partial charge in [0.25, 0.3) is 0 Å². The average Bonchev–Trinajstić information content (AvgIpc) is 2.38. The third-order valence-corrected chi connectivity index (χ3v) is 6.08. The number of ether oxygens (including phenoxy) is 1. The maximum Gasteiger partial charge on any atom is 0.331 e. The van der Waals surface area contributed by atoms with E-state index in [0.717, 1.165) is 25.7 Å². The number of hydrogen-bond donors (Lipinski definition) is 1. The highest BCUT2D eigenvalue weighted by Crippen LogP contribution is 2.41. The largest absolute Gasteiger partial charge is 0.478 e. The van der Waals surface area contributed by atoms with Gasteiger partial charge in [-0.1, -0.05) is 25.3 Å². The summed E-state index contributed by atoms with van der Waals surface area (Å²) in [5.41, 5.74) is 0.300. The van der Waals surface area contributed by atoms with Crippen LogP contribution in [0.1, 0.15) is 52.9 Å². The van der Waals surface area contributed by atoms with Gasteiger partial charge in [0, 0.05) is 18.3 Å². The number of hydrogen-bond acceptors (Lipinski definition) is 3. The zero-order valence-electron chi connectivity index (χ0n) is 12.8. The van der Waals surface area contributed by atoms with Crippen LogP contribution in [0.25, 0.3) is 0 Å². The van der Waals surface area contributed by atoms with E-state index in [0.29, 0.717) is 18.1 Å². The fourth-order valence-corrected chi connectivity index (χ4v) is 3.96. The smallest absolute Gasteiger partial charge is 0.331 e. The molecular formula is C15H27O4P. The third-order valence-electron chi connectivity index (χ3n) is 3.89. The van der Waals surface area contributed by atoms with Gasteiger partial charge >= 0.3 is 5.97 Å². The van der Waals surface area contributed by atoms with Crippen LogP contribution in [0.15, 0.2) is 11.6 Å². The first-order valence-electron chi connectivity index (χ1n) is 7.48. The Morgan fingerprint density at radius 2 is 1.95 bits per heavy atom. The first-order chi connectivity index (χ1) is 9.36. The highest BCUT2D eigenvalue weighted by atomic mass is 31.1. The topological polar surface area (TPSA) is 63.6 Å². The maximum atomic E-state index is 12.4. The van der Waals surface area contributed by atoms with Crippen LogP contribution in [0.4, 0.5) is 0 Å². The summed E-state index contributed by atoms with van der Waals surface area (Å²) < 4.78 is 17.8. The number of allylic oxidation sites excluding steroid dienone is 1. The quantitative estimate of drug-likeness (QED) is 0.572. The zero-order valence-corrected chi connectivity index (χ0v) is 13.8. The standard InChI is InChI=1S/C15H27O4P/c1-4-19-15(2,3)20(18)11-13(14(16)17)10-12-8-6-5-7-9-12/h10,12,20H,4-9,11H2,1-3H3,(H,16,17). The predicted molar refractivity (Wildman–Crippen MR) is 81.9 cm³/mol. The molecule has 1 rings (SSSR count). The number of rotatable bonds is 7. The lowest BCUT2D eigenvalue weighted by Crippen LogP contribution is -2.22. The van der Waals surface area contributed by atoms with Gasteiger partial charge in [-0.3, -0.25) is 0 Å². The van der Waals surface area contributed by atoms with Crippen LogP contribution in [0, 0.1) is 5.92 Å². The second kappa shape index (κ2) is 7.99. The van der Waals surface area contributed by atoms with E-state index in [1.165, 1.54) is 6.42 Å². The highest BCUT2D eigenvalue weighted by Gasteiger charge is 2.28. The Labute approximate surface area is 122 Å². The normalized spacial score (nSPS) is 19.9. The van der Waals surface area contributed by atoms with Gasteiger partial charge in [-0.05, 0) is 39.5 Å². The Balaban J connectivity index is 2.74. The van der Waals surface area contributed by atoms with Crippen LogP contribution >= 0.6 is 7.80 Å². The molecule has 0 aliphatic heterocycles. The van der Waals surface area contributed by atoms with Crippen molar-refractivity contribution in [2.24, 2.45) is 5.92 Å². The van der Waals surface area contributed by atoms with Gasteiger partial charge in [0.15, 0.2) is 0 Å². The van der Waals surface area contributed by atoms with Crippen molar-refractivity contribution >= 4 is 13.8 Å². The molecular weight excluding hydrogens is 275 g/mol. The van der Waals surface area contributed by atoms with E-state index in [-0.39, 0.29) is 6.16 Å². The van der Waals surface area contributed by atoms with Crippen molar-refractivity contribution in [3.8, 4) is 0 Å². The van der Waals surface area contributed by atoms with Crippen molar-refractivity contribution in [2.75, 3.05) is 12.8 Å². The average molecular weight is 302 g/mol. The summed E-state index contributed by atoms with van der Waals surface area (Å²) in [6, 6.07) is 0. The van der Waals surface area contributed by atoms with Gasteiger partial charge in [0.2, 0.25) is 0 Å². The molecule has 0 saturated heterocycles. The van der Waals surface area contributed by atoms with Gasteiger partial charge in [-0.25, -0.2) is 4.79 Å². The molecule has 1 unspecified atom stereocenters. The molecule has 0 aromatic carbocycles. The van der Waals surface area contributed by atoms with Crippen molar-refractivity contribution in [3.63, 3.8) is 0 Å². The summed E-state index contributed by atoms with van der Waals surface area (Å²) in [5, 5.41) is 8.58. The van der Waals surface area contributed by atoms with E-state index >= 15 is 0 Å². The molecule has 0 amide bonds. The molecule has 1 atom stereocenters. The minimum absolute atomic E-state index is 0.128. The van der Waals surface area contributed by atoms with E-state index < -0.39 is 19.1 Å². The number of carbonyl (C=O) groups is 1.